The molecule has 0 saturated heterocycles. The number of pyridine rings is 1. The number of carbonyl (C=O) groups excluding carboxylic acids is 1. The molecule has 2 amide bonds. The Balaban J connectivity index is 0.000000782. The molecule has 0 radical (unpaired) electrons. The van der Waals surface area contributed by atoms with Crippen molar-refractivity contribution in [2.24, 2.45) is 0 Å². The topological polar surface area (TPSA) is 133 Å². The SMILES string of the molecule is Cc1nc2c(OCc3c(F)cccc3F)cc(Cl)cn2c1C(=O)NCCCN(C(=O)O)C(C)(C)C.O=C(O)C(F)(F)F. The lowest BCUT2D eigenvalue weighted by Gasteiger charge is -2.33. The molecule has 3 aromatic rings. The van der Waals surface area contributed by atoms with Crippen LogP contribution in [0.15, 0.2) is 30.5 Å². The summed E-state index contributed by atoms with van der Waals surface area (Å²) in [6.45, 7) is 7.13. The van der Waals surface area contributed by atoms with E-state index in [-0.39, 0.29) is 40.8 Å². The predicted molar refractivity (Wildman–Crippen MR) is 141 cm³/mol. The lowest BCUT2D eigenvalue weighted by Crippen LogP contribution is -2.46. The van der Waals surface area contributed by atoms with Crippen LogP contribution in [0.1, 0.15) is 48.9 Å². The molecule has 0 aliphatic heterocycles. The van der Waals surface area contributed by atoms with Crippen LogP contribution < -0.4 is 10.1 Å². The molecule has 1 aromatic carbocycles. The molecule has 10 nitrogen and oxygen atoms in total. The second-order valence-corrected chi connectivity index (χ2v) is 10.2. The molecule has 16 heteroatoms. The highest BCUT2D eigenvalue weighted by atomic mass is 35.5. The fourth-order valence-corrected chi connectivity index (χ4v) is 3.83. The van der Waals surface area contributed by atoms with Crippen LogP contribution >= 0.6 is 11.6 Å². The number of carboxylic acids is 1. The Labute approximate surface area is 241 Å². The van der Waals surface area contributed by atoms with Crippen LogP contribution in [-0.4, -0.2) is 67.3 Å². The first-order valence-corrected chi connectivity index (χ1v) is 12.5. The van der Waals surface area contributed by atoms with Gasteiger partial charge >= 0.3 is 18.2 Å². The van der Waals surface area contributed by atoms with E-state index in [9.17, 15) is 36.6 Å². The number of imidazole rings is 1. The number of amides is 2. The molecule has 0 bridgehead atoms. The minimum absolute atomic E-state index is 0.157. The first kappa shape index (κ1) is 34.1. The summed E-state index contributed by atoms with van der Waals surface area (Å²) in [5.41, 5.74) is 0.0762. The standard InChI is InChI=1S/C24H27ClF2N4O4.C2HF3O2/c1-14-20(22(32)28-9-6-10-31(23(33)34)24(2,3)4)30-12-15(25)11-19(21(30)29-14)35-13-16-17(26)7-5-8-18(16)27;3-2(4,5)1(6)7/h5,7-8,11-12H,6,9-10,13H2,1-4H3,(H,28,32)(H,33,34);(H,6,7). The Morgan fingerprint density at radius 3 is 2.19 bits per heavy atom. The molecule has 2 heterocycles. The molecule has 42 heavy (non-hydrogen) atoms. The average molecular weight is 623 g/mol. The summed E-state index contributed by atoms with van der Waals surface area (Å²) in [4.78, 5) is 39.0. The number of carbonyl (C=O) groups is 3. The maximum absolute atomic E-state index is 14.0. The zero-order valence-corrected chi connectivity index (χ0v) is 23.6. The third-order valence-electron chi connectivity index (χ3n) is 5.60. The molecule has 230 valence electrons. The molecule has 0 fully saturated rings. The average Bonchev–Trinajstić information content (AvgIpc) is 3.17. The summed E-state index contributed by atoms with van der Waals surface area (Å²) in [5.74, 6) is -4.51. The monoisotopic (exact) mass is 622 g/mol. The summed E-state index contributed by atoms with van der Waals surface area (Å²) in [6.07, 6.45) is -4.21. The number of alkyl halides is 3. The lowest BCUT2D eigenvalue weighted by molar-refractivity contribution is -0.192. The largest absolute Gasteiger partial charge is 0.490 e. The normalized spacial score (nSPS) is 11.5. The van der Waals surface area contributed by atoms with E-state index in [1.807, 2.05) is 0 Å². The number of halogens is 6. The van der Waals surface area contributed by atoms with Gasteiger partial charge in [-0.15, -0.1) is 0 Å². The third kappa shape index (κ3) is 8.93. The maximum atomic E-state index is 14.0. The van der Waals surface area contributed by atoms with Crippen LogP contribution in [0.4, 0.5) is 26.7 Å². The number of aromatic nitrogens is 2. The predicted octanol–water partition coefficient (Wildman–Crippen LogP) is 5.69. The van der Waals surface area contributed by atoms with Gasteiger partial charge in [0.2, 0.25) is 0 Å². The van der Waals surface area contributed by atoms with Crippen molar-refractivity contribution in [1.82, 2.24) is 19.6 Å². The summed E-state index contributed by atoms with van der Waals surface area (Å²) in [7, 11) is 0. The van der Waals surface area contributed by atoms with Crippen molar-refractivity contribution >= 4 is 35.2 Å². The number of hydrogen-bond acceptors (Lipinski definition) is 5. The molecular weight excluding hydrogens is 595 g/mol. The Bertz CT molecular complexity index is 1440. The van der Waals surface area contributed by atoms with E-state index < -0.39 is 47.9 Å². The first-order valence-electron chi connectivity index (χ1n) is 12.2. The molecule has 0 aliphatic rings. The van der Waals surface area contributed by atoms with Crippen molar-refractivity contribution in [3.63, 3.8) is 0 Å². The zero-order chi connectivity index (χ0) is 32.0. The Kier molecular flexibility index (Phi) is 11.1. The van der Waals surface area contributed by atoms with Gasteiger partial charge in [0, 0.05) is 30.9 Å². The number of benzene rings is 1. The molecule has 0 aliphatic carbocycles. The summed E-state index contributed by atoms with van der Waals surface area (Å²) in [5, 5.41) is 19.5. The van der Waals surface area contributed by atoms with Crippen LogP contribution in [0.5, 0.6) is 5.75 Å². The van der Waals surface area contributed by atoms with Crippen molar-refractivity contribution in [2.45, 2.75) is 52.4 Å². The van der Waals surface area contributed by atoms with Crippen molar-refractivity contribution < 1.29 is 51.3 Å². The Morgan fingerprint density at radius 1 is 1.12 bits per heavy atom. The fraction of sp³-hybridized carbons (Fsp3) is 0.385. The van der Waals surface area contributed by atoms with Crippen LogP contribution in [0.2, 0.25) is 5.02 Å². The molecule has 0 saturated carbocycles. The number of nitrogens with zero attached hydrogens (tertiary/aromatic N) is 3. The summed E-state index contributed by atoms with van der Waals surface area (Å²) >= 11 is 6.22. The van der Waals surface area contributed by atoms with Gasteiger partial charge in [-0.1, -0.05) is 17.7 Å². The molecular formula is C26H28ClF5N4O6. The van der Waals surface area contributed by atoms with Gasteiger partial charge in [-0.05, 0) is 46.2 Å². The molecule has 0 atom stereocenters. The van der Waals surface area contributed by atoms with E-state index >= 15 is 0 Å². The van der Waals surface area contributed by atoms with Crippen molar-refractivity contribution in [3.8, 4) is 5.75 Å². The number of hydrogen-bond donors (Lipinski definition) is 3. The van der Waals surface area contributed by atoms with Gasteiger partial charge in [-0.25, -0.2) is 23.4 Å². The molecule has 3 rings (SSSR count). The number of aryl methyl sites for hydroxylation is 1. The molecule has 3 N–H and O–H groups in total. The number of ether oxygens (including phenoxy) is 1. The van der Waals surface area contributed by atoms with Crippen LogP contribution in [-0.2, 0) is 11.4 Å². The number of fused-ring (bicyclic) bond motifs is 1. The van der Waals surface area contributed by atoms with Gasteiger partial charge in [0.25, 0.3) is 5.91 Å². The highest BCUT2D eigenvalue weighted by Crippen LogP contribution is 2.28. The van der Waals surface area contributed by atoms with E-state index in [2.05, 4.69) is 10.3 Å². The number of carboxylic acid groups (broad SMARTS) is 2. The van der Waals surface area contributed by atoms with Crippen molar-refractivity contribution in [1.29, 1.82) is 0 Å². The molecule has 0 spiro atoms. The third-order valence-corrected chi connectivity index (χ3v) is 5.81. The maximum Gasteiger partial charge on any atom is 0.490 e. The highest BCUT2D eigenvalue weighted by Gasteiger charge is 2.38. The Morgan fingerprint density at radius 2 is 1.69 bits per heavy atom. The fourth-order valence-electron chi connectivity index (χ4n) is 3.64. The lowest BCUT2D eigenvalue weighted by atomic mass is 10.1. The van der Waals surface area contributed by atoms with E-state index in [0.717, 1.165) is 12.1 Å². The van der Waals surface area contributed by atoms with Crippen LogP contribution in [0, 0.1) is 18.6 Å². The first-order chi connectivity index (χ1) is 19.3. The minimum Gasteiger partial charge on any atom is -0.485 e. The van der Waals surface area contributed by atoms with Gasteiger partial charge in [0.15, 0.2) is 11.4 Å². The number of aliphatic carboxylic acids is 1. The van der Waals surface area contributed by atoms with Gasteiger partial charge in [-0.2, -0.15) is 13.2 Å². The van der Waals surface area contributed by atoms with Crippen molar-refractivity contribution in [2.75, 3.05) is 13.1 Å². The second kappa shape index (κ2) is 13.7. The molecule has 0 unspecified atom stereocenters. The zero-order valence-electron chi connectivity index (χ0n) is 22.9. The van der Waals surface area contributed by atoms with Gasteiger partial charge in [0.1, 0.15) is 23.9 Å². The number of rotatable bonds is 8. The number of nitrogens with one attached hydrogen (secondary N) is 1. The van der Waals surface area contributed by atoms with Crippen molar-refractivity contribution in [3.05, 3.63) is 64.1 Å². The summed E-state index contributed by atoms with van der Waals surface area (Å²) < 4.78 is 66.8. The quantitative estimate of drug-likeness (QED) is 0.217. The highest BCUT2D eigenvalue weighted by molar-refractivity contribution is 6.30. The Hall–Kier alpha value is -4.14. The molecule has 2 aromatic heterocycles. The smallest absolute Gasteiger partial charge is 0.485 e. The van der Waals surface area contributed by atoms with Gasteiger partial charge in [-0.3, -0.25) is 9.20 Å². The summed E-state index contributed by atoms with van der Waals surface area (Å²) in [6, 6.07) is 4.98. The van der Waals surface area contributed by atoms with E-state index in [1.165, 1.54) is 27.6 Å². The van der Waals surface area contributed by atoms with Gasteiger partial charge < -0.3 is 25.2 Å². The van der Waals surface area contributed by atoms with E-state index in [4.69, 9.17) is 26.2 Å². The van der Waals surface area contributed by atoms with E-state index in [1.54, 1.807) is 27.7 Å². The minimum atomic E-state index is -5.08. The van der Waals surface area contributed by atoms with Gasteiger partial charge in [0.05, 0.1) is 16.3 Å². The van der Waals surface area contributed by atoms with E-state index in [0.29, 0.717) is 12.1 Å². The van der Waals surface area contributed by atoms with Crippen LogP contribution in [0.25, 0.3) is 5.65 Å². The second-order valence-electron chi connectivity index (χ2n) is 9.77. The van der Waals surface area contributed by atoms with Crippen LogP contribution in [0.3, 0.4) is 0 Å².